The number of aryl methyl sites for hydroxylation is 1. The Bertz CT molecular complexity index is 796. The van der Waals surface area contributed by atoms with E-state index in [1.807, 2.05) is 18.2 Å². The number of nitrogens with one attached hydrogen (secondary N) is 2. The average Bonchev–Trinajstić information content (AvgIpc) is 2.66. The van der Waals surface area contributed by atoms with Crippen LogP contribution in [-0.2, 0) is 16.0 Å². The van der Waals surface area contributed by atoms with Gasteiger partial charge in [-0.2, -0.15) is 0 Å². The molecule has 0 aliphatic heterocycles. The number of amides is 2. The van der Waals surface area contributed by atoms with E-state index in [1.165, 1.54) is 12.5 Å². The van der Waals surface area contributed by atoms with E-state index in [0.717, 1.165) is 12.8 Å². The normalized spacial score (nSPS) is 10.9. The lowest BCUT2D eigenvalue weighted by Gasteiger charge is -2.22. The molecule has 0 saturated heterocycles. The molecule has 27 heavy (non-hydrogen) atoms. The van der Waals surface area contributed by atoms with E-state index in [2.05, 4.69) is 22.8 Å². The van der Waals surface area contributed by atoms with Crippen LogP contribution in [0, 0.1) is 5.41 Å². The molecule has 0 aromatic heterocycles. The van der Waals surface area contributed by atoms with Crippen molar-refractivity contribution in [1.29, 1.82) is 0 Å². The first-order valence-corrected chi connectivity index (χ1v) is 9.05. The number of Topliss-reactive ketones (excluding diaryl/α,β-unsaturated/α-hetero) is 1. The summed E-state index contributed by atoms with van der Waals surface area (Å²) in [4.78, 5) is 36.2. The number of hydrogen-bond acceptors (Lipinski definition) is 3. The Kier molecular flexibility index (Phi) is 6.88. The van der Waals surface area contributed by atoms with Crippen molar-refractivity contribution in [2.75, 3.05) is 11.9 Å². The van der Waals surface area contributed by atoms with Gasteiger partial charge in [-0.25, -0.2) is 0 Å². The maximum absolute atomic E-state index is 12.5. The van der Waals surface area contributed by atoms with Crippen molar-refractivity contribution in [2.45, 2.75) is 33.6 Å². The van der Waals surface area contributed by atoms with Crippen molar-refractivity contribution >= 4 is 23.3 Å². The summed E-state index contributed by atoms with van der Waals surface area (Å²) in [5, 5.41) is 5.57. The van der Waals surface area contributed by atoms with Crippen LogP contribution >= 0.6 is 0 Å². The predicted octanol–water partition coefficient (Wildman–Crippen LogP) is 3.60. The van der Waals surface area contributed by atoms with Gasteiger partial charge in [0.1, 0.15) is 5.41 Å². The number of carbonyl (C=O) groups excluding carboxylic acids is 3. The molecular formula is C22H26N2O3. The lowest BCUT2D eigenvalue weighted by molar-refractivity contribution is -0.138. The van der Waals surface area contributed by atoms with Crippen LogP contribution in [0.2, 0.25) is 0 Å². The summed E-state index contributed by atoms with van der Waals surface area (Å²) in [5.41, 5.74) is 1.14. The van der Waals surface area contributed by atoms with Gasteiger partial charge in [-0.1, -0.05) is 30.3 Å². The molecule has 0 fully saturated rings. The molecule has 0 atom stereocenters. The minimum Gasteiger partial charge on any atom is -0.355 e. The zero-order valence-corrected chi connectivity index (χ0v) is 16.0. The van der Waals surface area contributed by atoms with Gasteiger partial charge in [0.05, 0.1) is 0 Å². The molecule has 5 nitrogen and oxygen atoms in total. The Morgan fingerprint density at radius 1 is 0.889 bits per heavy atom. The molecule has 2 rings (SSSR count). The molecule has 2 N–H and O–H groups in total. The number of ketones is 1. The maximum Gasteiger partial charge on any atom is 0.239 e. The third kappa shape index (κ3) is 5.78. The van der Waals surface area contributed by atoms with Gasteiger partial charge in [0.25, 0.3) is 0 Å². The smallest absolute Gasteiger partial charge is 0.239 e. The second kappa shape index (κ2) is 9.12. The fourth-order valence-corrected chi connectivity index (χ4v) is 2.54. The summed E-state index contributed by atoms with van der Waals surface area (Å²) < 4.78 is 0. The van der Waals surface area contributed by atoms with Gasteiger partial charge in [-0.3, -0.25) is 14.4 Å². The van der Waals surface area contributed by atoms with Gasteiger partial charge in [-0.05, 0) is 63.4 Å². The number of anilines is 1. The van der Waals surface area contributed by atoms with Crippen molar-refractivity contribution in [2.24, 2.45) is 5.41 Å². The first kappa shape index (κ1) is 20.4. The van der Waals surface area contributed by atoms with Gasteiger partial charge in [0.2, 0.25) is 11.8 Å². The van der Waals surface area contributed by atoms with Gasteiger partial charge >= 0.3 is 0 Å². The second-order valence-electron chi connectivity index (χ2n) is 7.06. The molecule has 0 aliphatic rings. The molecule has 0 saturated carbocycles. The van der Waals surface area contributed by atoms with Crippen molar-refractivity contribution in [3.05, 3.63) is 65.7 Å². The van der Waals surface area contributed by atoms with Crippen molar-refractivity contribution in [1.82, 2.24) is 5.32 Å². The first-order valence-electron chi connectivity index (χ1n) is 9.05. The maximum atomic E-state index is 12.5. The summed E-state index contributed by atoms with van der Waals surface area (Å²) in [5.74, 6) is -0.741. The van der Waals surface area contributed by atoms with Crippen LogP contribution in [0.1, 0.15) is 43.1 Å². The SMILES string of the molecule is CC(=O)c1ccc(NC(=O)C(C)(C)C(=O)NCCCc2ccccc2)cc1. The Morgan fingerprint density at radius 2 is 1.52 bits per heavy atom. The van der Waals surface area contributed by atoms with E-state index < -0.39 is 11.3 Å². The fourth-order valence-electron chi connectivity index (χ4n) is 2.54. The number of benzene rings is 2. The zero-order valence-electron chi connectivity index (χ0n) is 16.0. The lowest BCUT2D eigenvalue weighted by Crippen LogP contribution is -2.45. The van der Waals surface area contributed by atoms with Gasteiger partial charge in [0, 0.05) is 17.8 Å². The molecule has 0 aliphatic carbocycles. The molecule has 0 radical (unpaired) electrons. The largest absolute Gasteiger partial charge is 0.355 e. The topological polar surface area (TPSA) is 75.3 Å². The van der Waals surface area contributed by atoms with Crippen LogP contribution < -0.4 is 10.6 Å². The van der Waals surface area contributed by atoms with Crippen molar-refractivity contribution in [3.63, 3.8) is 0 Å². The van der Waals surface area contributed by atoms with E-state index in [9.17, 15) is 14.4 Å². The number of carbonyl (C=O) groups is 3. The van der Waals surface area contributed by atoms with Crippen LogP contribution in [0.15, 0.2) is 54.6 Å². The Hall–Kier alpha value is -2.95. The van der Waals surface area contributed by atoms with Crippen LogP contribution in [0.25, 0.3) is 0 Å². The summed E-state index contributed by atoms with van der Waals surface area (Å²) in [6.45, 7) is 5.19. The Morgan fingerprint density at radius 3 is 2.11 bits per heavy atom. The third-order valence-corrected chi connectivity index (χ3v) is 4.46. The molecule has 142 valence electrons. The Balaban J connectivity index is 1.84. The molecule has 0 unspecified atom stereocenters. The molecule has 2 aromatic carbocycles. The van der Waals surface area contributed by atoms with Gasteiger partial charge < -0.3 is 10.6 Å². The summed E-state index contributed by atoms with van der Waals surface area (Å²) in [6, 6.07) is 16.7. The number of hydrogen-bond donors (Lipinski definition) is 2. The lowest BCUT2D eigenvalue weighted by atomic mass is 9.90. The summed E-state index contributed by atoms with van der Waals surface area (Å²) >= 11 is 0. The van der Waals surface area contributed by atoms with E-state index in [1.54, 1.807) is 38.1 Å². The fraction of sp³-hybridized carbons (Fsp3) is 0.318. The second-order valence-corrected chi connectivity index (χ2v) is 7.06. The highest BCUT2D eigenvalue weighted by Crippen LogP contribution is 2.19. The zero-order chi connectivity index (χ0) is 19.9. The van der Waals surface area contributed by atoms with Gasteiger partial charge in [0.15, 0.2) is 5.78 Å². The van der Waals surface area contributed by atoms with Crippen molar-refractivity contribution < 1.29 is 14.4 Å². The predicted molar refractivity (Wildman–Crippen MR) is 107 cm³/mol. The monoisotopic (exact) mass is 366 g/mol. The summed E-state index contributed by atoms with van der Waals surface area (Å²) in [7, 11) is 0. The summed E-state index contributed by atoms with van der Waals surface area (Å²) in [6.07, 6.45) is 1.68. The first-order chi connectivity index (χ1) is 12.8. The highest BCUT2D eigenvalue weighted by molar-refractivity contribution is 6.10. The molecule has 0 spiro atoms. The molecular weight excluding hydrogens is 340 g/mol. The van der Waals surface area contributed by atoms with Crippen molar-refractivity contribution in [3.8, 4) is 0 Å². The highest BCUT2D eigenvalue weighted by Gasteiger charge is 2.35. The molecule has 2 amide bonds. The molecule has 2 aromatic rings. The number of rotatable bonds is 8. The molecule has 5 heteroatoms. The van der Waals surface area contributed by atoms with Crippen LogP contribution in [-0.4, -0.2) is 24.1 Å². The van der Waals surface area contributed by atoms with E-state index >= 15 is 0 Å². The quantitative estimate of drug-likeness (QED) is 0.426. The molecule has 0 heterocycles. The van der Waals surface area contributed by atoms with E-state index in [-0.39, 0.29) is 11.7 Å². The van der Waals surface area contributed by atoms with E-state index in [4.69, 9.17) is 0 Å². The van der Waals surface area contributed by atoms with E-state index in [0.29, 0.717) is 17.8 Å². The molecule has 0 bridgehead atoms. The van der Waals surface area contributed by atoms with Gasteiger partial charge in [-0.15, -0.1) is 0 Å². The minimum absolute atomic E-state index is 0.0388. The van der Waals surface area contributed by atoms with Crippen LogP contribution in [0.5, 0.6) is 0 Å². The van der Waals surface area contributed by atoms with Crippen LogP contribution in [0.4, 0.5) is 5.69 Å². The minimum atomic E-state index is -1.20. The Labute approximate surface area is 160 Å². The van der Waals surface area contributed by atoms with Crippen LogP contribution in [0.3, 0.4) is 0 Å². The standard InChI is InChI=1S/C22H26N2O3/c1-16(25)18-11-13-19(14-12-18)24-21(27)22(2,3)20(26)23-15-7-10-17-8-5-4-6-9-17/h4-6,8-9,11-14H,7,10,15H2,1-3H3,(H,23,26)(H,24,27). The highest BCUT2D eigenvalue weighted by atomic mass is 16.2. The average molecular weight is 366 g/mol. The third-order valence-electron chi connectivity index (χ3n) is 4.46.